The minimum Gasteiger partial charge on any atom is -0.805 e. The predicted octanol–water partition coefficient (Wildman–Crippen LogP) is -0.867. The monoisotopic (exact) mass is 390 g/mol. The van der Waals surface area contributed by atoms with E-state index in [1.165, 1.54) is 0 Å². The zero-order valence-electron chi connectivity index (χ0n) is 9.18. The van der Waals surface area contributed by atoms with Crippen molar-refractivity contribution in [3.8, 4) is 0 Å². The Kier molecular flexibility index (Phi) is 5.54. The molecule has 0 aliphatic heterocycles. The number of ether oxygens (including phenoxy) is 2. The molecule has 0 fully saturated rings. The lowest BCUT2D eigenvalue weighted by Gasteiger charge is -2.41. The van der Waals surface area contributed by atoms with Crippen molar-refractivity contribution in [1.82, 2.24) is 0 Å². The number of rotatable bonds is 7. The van der Waals surface area contributed by atoms with Gasteiger partial charge in [-0.15, -0.1) is 0 Å². The van der Waals surface area contributed by atoms with Gasteiger partial charge in [0.2, 0.25) is 0 Å². The van der Waals surface area contributed by atoms with Crippen LogP contribution >= 0.6 is 15.2 Å². The molecule has 0 aliphatic rings. The molecule has 0 N–H and O–H groups in total. The second kappa shape index (κ2) is 5.63. The Morgan fingerprint density at radius 1 is 0.591 bits per heavy atom. The molecule has 0 radical (unpaired) electrons. The lowest BCUT2D eigenvalue weighted by atomic mass is 10.6. The number of hydrogen-bond acceptors (Lipinski definition) is 8. The summed E-state index contributed by atoms with van der Waals surface area (Å²) in [4.78, 5) is 39.2. The Morgan fingerprint density at radius 3 is 0.909 bits per heavy atom. The summed E-state index contributed by atoms with van der Waals surface area (Å²) in [5, 5.41) is 0. The van der Waals surface area contributed by atoms with Gasteiger partial charge in [0, 0.05) is 15.2 Å². The first kappa shape index (κ1) is 21.7. The molecule has 0 unspecified atom stereocenters. The third-order valence-corrected chi connectivity index (χ3v) is 2.94. The fraction of sp³-hybridized carbons (Fsp3) is 1.00. The van der Waals surface area contributed by atoms with E-state index in [1.54, 1.807) is 9.47 Å². The van der Waals surface area contributed by atoms with Crippen LogP contribution < -0.4 is 19.6 Å². The van der Waals surface area contributed by atoms with E-state index < -0.39 is 39.1 Å². The van der Waals surface area contributed by atoms with E-state index in [2.05, 4.69) is 0 Å². The summed E-state index contributed by atoms with van der Waals surface area (Å²) in [6, 6.07) is 0. The van der Waals surface area contributed by atoms with Crippen molar-refractivity contribution >= 4 is 15.2 Å². The standard InChI is InChI=1S/C4H4F8O8P2/c5-1(6,19-3(9,10)21(13,14)15)2(7,8)20-4(11,12)22(16,17)18/h(H2,13,14,15)(H2,16,17,18)/p-4. The quantitative estimate of drug-likeness (QED) is 0.403. The Labute approximate surface area is 113 Å². The van der Waals surface area contributed by atoms with Gasteiger partial charge >= 0.3 is 23.9 Å². The number of alkyl halides is 8. The van der Waals surface area contributed by atoms with Crippen LogP contribution in [0, 0.1) is 0 Å². The first-order valence-electron chi connectivity index (χ1n) is 4.12. The normalized spacial score (nSPS) is 16.0. The van der Waals surface area contributed by atoms with Crippen LogP contribution in [-0.4, -0.2) is 23.9 Å². The van der Waals surface area contributed by atoms with Gasteiger partial charge in [-0.25, -0.2) is 9.47 Å². The fourth-order valence-corrected chi connectivity index (χ4v) is 0.992. The number of halogens is 8. The van der Waals surface area contributed by atoms with Gasteiger partial charge in [-0.2, -0.15) is 35.1 Å². The van der Waals surface area contributed by atoms with E-state index in [9.17, 15) is 63.8 Å². The lowest BCUT2D eigenvalue weighted by molar-refractivity contribution is -0.507. The van der Waals surface area contributed by atoms with Gasteiger partial charge < -0.3 is 28.7 Å². The Balaban J connectivity index is 5.53. The largest absolute Gasteiger partial charge is 0.805 e. The molecule has 0 rings (SSSR count). The average molecular weight is 390 g/mol. The molecular formula is C4F8O8P2-4. The molecule has 0 aromatic heterocycles. The molecule has 0 aliphatic carbocycles. The highest BCUT2D eigenvalue weighted by molar-refractivity contribution is 7.50. The predicted molar refractivity (Wildman–Crippen MR) is 37.2 cm³/mol. The zero-order chi connectivity index (χ0) is 18.4. The van der Waals surface area contributed by atoms with Crippen LogP contribution in [0.25, 0.3) is 0 Å². The smallest absolute Gasteiger partial charge is 0.453 e. The van der Waals surface area contributed by atoms with Gasteiger partial charge in [-0.3, -0.25) is 0 Å². The summed E-state index contributed by atoms with van der Waals surface area (Å²) in [6.07, 6.45) is -13.9. The van der Waals surface area contributed by atoms with E-state index >= 15 is 0 Å². The molecule has 0 bridgehead atoms. The molecule has 0 spiro atoms. The molecule has 22 heavy (non-hydrogen) atoms. The molecule has 8 nitrogen and oxygen atoms in total. The van der Waals surface area contributed by atoms with E-state index in [-0.39, 0.29) is 0 Å². The average Bonchev–Trinajstić information content (AvgIpc) is 2.09. The topological polar surface area (TPSA) is 145 Å². The van der Waals surface area contributed by atoms with Gasteiger partial charge in [0.05, 0.1) is 0 Å². The van der Waals surface area contributed by atoms with Crippen molar-refractivity contribution < 1.29 is 73.3 Å². The van der Waals surface area contributed by atoms with Crippen molar-refractivity contribution in [2.24, 2.45) is 0 Å². The highest BCUT2D eigenvalue weighted by Gasteiger charge is 2.68. The Hall–Kier alpha value is -0.340. The summed E-state index contributed by atoms with van der Waals surface area (Å²) in [5.41, 5.74) is 0. The van der Waals surface area contributed by atoms with Crippen molar-refractivity contribution in [2.75, 3.05) is 0 Å². The molecule has 0 amide bonds. The Morgan fingerprint density at radius 2 is 0.773 bits per heavy atom. The summed E-state index contributed by atoms with van der Waals surface area (Å²) >= 11 is 0. The third-order valence-electron chi connectivity index (χ3n) is 1.48. The first-order valence-corrected chi connectivity index (χ1v) is 7.21. The lowest BCUT2D eigenvalue weighted by Crippen LogP contribution is -2.53. The minimum atomic E-state index is -7.41. The van der Waals surface area contributed by atoms with Crippen LogP contribution in [0.5, 0.6) is 0 Å². The van der Waals surface area contributed by atoms with Gasteiger partial charge in [-0.1, -0.05) is 0 Å². The summed E-state index contributed by atoms with van der Waals surface area (Å²) in [7, 11) is -14.8. The van der Waals surface area contributed by atoms with Crippen LogP contribution in [0.4, 0.5) is 35.1 Å². The van der Waals surface area contributed by atoms with Gasteiger partial charge in [0.15, 0.2) is 0 Å². The molecule has 0 atom stereocenters. The summed E-state index contributed by atoms with van der Waals surface area (Å²) in [6.45, 7) is 0. The fourth-order valence-electron chi connectivity index (χ4n) is 0.539. The van der Waals surface area contributed by atoms with Crippen LogP contribution in [0.3, 0.4) is 0 Å². The second-order valence-corrected chi connectivity index (χ2v) is 6.24. The van der Waals surface area contributed by atoms with Crippen LogP contribution in [0.15, 0.2) is 0 Å². The first-order chi connectivity index (χ1) is 9.16. The Bertz CT molecular complexity index is 462. The zero-order valence-corrected chi connectivity index (χ0v) is 11.0. The van der Waals surface area contributed by atoms with Crippen molar-refractivity contribution in [2.45, 2.75) is 23.9 Å². The molecule has 18 heteroatoms. The summed E-state index contributed by atoms with van der Waals surface area (Å²) < 4.78 is 122. The highest BCUT2D eigenvalue weighted by Crippen LogP contribution is 2.55. The third kappa shape index (κ3) is 4.58. The maximum Gasteiger partial charge on any atom is 0.453 e. The van der Waals surface area contributed by atoms with Gasteiger partial charge in [0.25, 0.3) is 0 Å². The maximum atomic E-state index is 12.5. The molecule has 0 aromatic rings. The van der Waals surface area contributed by atoms with Crippen LogP contribution in [-0.2, 0) is 18.6 Å². The van der Waals surface area contributed by atoms with E-state index in [4.69, 9.17) is 0 Å². The van der Waals surface area contributed by atoms with Crippen molar-refractivity contribution in [3.05, 3.63) is 0 Å². The molecular weight excluding hydrogens is 390 g/mol. The van der Waals surface area contributed by atoms with Crippen LogP contribution in [0.2, 0.25) is 0 Å². The van der Waals surface area contributed by atoms with Gasteiger partial charge in [0.1, 0.15) is 0 Å². The van der Waals surface area contributed by atoms with Crippen molar-refractivity contribution in [1.29, 1.82) is 0 Å². The van der Waals surface area contributed by atoms with Crippen LogP contribution in [0.1, 0.15) is 0 Å². The van der Waals surface area contributed by atoms with E-state index in [0.717, 1.165) is 0 Å². The van der Waals surface area contributed by atoms with Gasteiger partial charge in [-0.05, 0) is 0 Å². The molecule has 0 heterocycles. The summed E-state index contributed by atoms with van der Waals surface area (Å²) in [5.74, 6) is -13.0. The molecule has 0 saturated carbocycles. The number of hydrogen-bond donors (Lipinski definition) is 0. The molecule has 134 valence electrons. The second-order valence-electron chi connectivity index (χ2n) is 3.20. The molecule has 0 saturated heterocycles. The molecule has 0 aromatic carbocycles. The highest BCUT2D eigenvalue weighted by atomic mass is 31.2. The minimum absolute atomic E-state index is 1.66. The maximum absolute atomic E-state index is 12.5. The SMILES string of the molecule is O=P([O-])([O-])C(F)(F)OC(F)(F)C(F)(F)OC(F)(F)P(=O)([O-])[O-]. The van der Waals surface area contributed by atoms with E-state index in [0.29, 0.717) is 0 Å². The van der Waals surface area contributed by atoms with Crippen molar-refractivity contribution in [3.63, 3.8) is 0 Å². The van der Waals surface area contributed by atoms with E-state index in [1.807, 2.05) is 0 Å².